The van der Waals surface area contributed by atoms with Crippen LogP contribution in [0.1, 0.15) is 27.2 Å². The normalized spacial score (nSPS) is 6.85. The molecule has 0 saturated carbocycles. The lowest BCUT2D eigenvalue weighted by atomic mass is 10.5. The van der Waals surface area contributed by atoms with Crippen LogP contribution in [0.4, 0.5) is 0 Å². The van der Waals surface area contributed by atoms with Gasteiger partial charge in [-0.1, -0.05) is 6.92 Å². The summed E-state index contributed by atoms with van der Waals surface area (Å²) in [7, 11) is 1.00. The van der Waals surface area contributed by atoms with Crippen LogP contribution in [0.3, 0.4) is 0 Å². The van der Waals surface area contributed by atoms with Gasteiger partial charge in [-0.3, -0.25) is 9.59 Å². The molecule has 0 unspecified atom stereocenters. The molecule has 0 fully saturated rings. The SMILES string of the molecule is CCC(=O)O.CCOC(C)=O.CO. The summed E-state index contributed by atoms with van der Waals surface area (Å²) in [6, 6.07) is 0. The Morgan fingerprint density at radius 2 is 1.54 bits per heavy atom. The van der Waals surface area contributed by atoms with Gasteiger partial charge < -0.3 is 14.9 Å². The minimum atomic E-state index is -0.745. The van der Waals surface area contributed by atoms with E-state index in [2.05, 4.69) is 4.74 Å². The monoisotopic (exact) mass is 194 g/mol. The van der Waals surface area contributed by atoms with Gasteiger partial charge in [0.2, 0.25) is 0 Å². The third-order valence-corrected chi connectivity index (χ3v) is 0.650. The van der Waals surface area contributed by atoms with Gasteiger partial charge in [0.1, 0.15) is 0 Å². The standard InChI is InChI=1S/C4H8O2.C3H6O2.CH4O/c1-3-6-4(2)5;1-2-3(4)5;1-2/h3H2,1-2H3;2H2,1H3,(H,4,5);2H,1H3. The fourth-order valence-electron chi connectivity index (χ4n) is 0.203. The molecule has 80 valence electrons. The van der Waals surface area contributed by atoms with Crippen molar-refractivity contribution in [1.29, 1.82) is 0 Å². The van der Waals surface area contributed by atoms with Crippen LogP contribution >= 0.6 is 0 Å². The molecule has 0 aliphatic carbocycles. The van der Waals surface area contributed by atoms with E-state index in [0.29, 0.717) is 6.61 Å². The van der Waals surface area contributed by atoms with E-state index in [4.69, 9.17) is 10.2 Å². The second-order valence-corrected chi connectivity index (χ2v) is 1.67. The number of rotatable bonds is 2. The lowest BCUT2D eigenvalue weighted by Gasteiger charge is -1.89. The summed E-state index contributed by atoms with van der Waals surface area (Å²) in [5, 5.41) is 14.7. The van der Waals surface area contributed by atoms with Crippen LogP contribution in [0, 0.1) is 0 Å². The number of esters is 1. The van der Waals surface area contributed by atoms with E-state index in [1.807, 2.05) is 0 Å². The predicted octanol–water partition coefficient (Wildman–Crippen LogP) is 0.659. The van der Waals surface area contributed by atoms with E-state index in [-0.39, 0.29) is 12.4 Å². The van der Waals surface area contributed by atoms with E-state index >= 15 is 0 Å². The van der Waals surface area contributed by atoms with Crippen LogP contribution in [0.2, 0.25) is 0 Å². The molecule has 5 heteroatoms. The number of carbonyl (C=O) groups is 2. The first-order valence-electron chi connectivity index (χ1n) is 3.84. The Kier molecular flexibility index (Phi) is 23.5. The quantitative estimate of drug-likeness (QED) is 0.631. The Morgan fingerprint density at radius 1 is 1.23 bits per heavy atom. The smallest absolute Gasteiger partial charge is 0.303 e. The van der Waals surface area contributed by atoms with Gasteiger partial charge in [-0.05, 0) is 6.92 Å². The van der Waals surface area contributed by atoms with Crippen molar-refractivity contribution in [2.45, 2.75) is 27.2 Å². The molecule has 0 amide bonds. The molecule has 2 N–H and O–H groups in total. The molecule has 0 rings (SSSR count). The maximum absolute atomic E-state index is 9.82. The van der Waals surface area contributed by atoms with Gasteiger partial charge in [0.25, 0.3) is 0 Å². The van der Waals surface area contributed by atoms with E-state index in [0.717, 1.165) is 7.11 Å². The molecule has 0 saturated heterocycles. The highest BCUT2D eigenvalue weighted by Gasteiger charge is 1.81. The molecule has 0 atom stereocenters. The first-order valence-corrected chi connectivity index (χ1v) is 3.84. The summed E-state index contributed by atoms with van der Waals surface area (Å²) in [4.78, 5) is 19.2. The highest BCUT2D eigenvalue weighted by Crippen LogP contribution is 1.69. The lowest BCUT2D eigenvalue weighted by molar-refractivity contribution is -0.140. The molecule has 0 aliphatic rings. The van der Waals surface area contributed by atoms with Crippen molar-refractivity contribution in [1.82, 2.24) is 0 Å². The third kappa shape index (κ3) is 56.8. The molecule has 0 heterocycles. The van der Waals surface area contributed by atoms with E-state index in [1.54, 1.807) is 13.8 Å². The van der Waals surface area contributed by atoms with Crippen LogP contribution in [-0.2, 0) is 14.3 Å². The Morgan fingerprint density at radius 3 is 1.54 bits per heavy atom. The zero-order valence-corrected chi connectivity index (χ0v) is 8.53. The zero-order valence-electron chi connectivity index (χ0n) is 8.53. The molecule has 0 aromatic rings. The number of aliphatic hydroxyl groups excluding tert-OH is 1. The van der Waals surface area contributed by atoms with Crippen molar-refractivity contribution in [3.8, 4) is 0 Å². The first-order chi connectivity index (χ1) is 6.04. The molecule has 0 bridgehead atoms. The van der Waals surface area contributed by atoms with Crippen LogP contribution in [0.5, 0.6) is 0 Å². The average Bonchev–Trinajstić information content (AvgIpc) is 2.09. The van der Waals surface area contributed by atoms with Gasteiger partial charge in [-0.25, -0.2) is 0 Å². The molecule has 0 aromatic carbocycles. The fourth-order valence-corrected chi connectivity index (χ4v) is 0.203. The molecule has 0 radical (unpaired) electrons. The largest absolute Gasteiger partial charge is 0.481 e. The molecule has 5 nitrogen and oxygen atoms in total. The van der Waals surface area contributed by atoms with Crippen LogP contribution < -0.4 is 0 Å². The molecule has 0 aromatic heterocycles. The maximum atomic E-state index is 9.82. The number of aliphatic carboxylic acids is 1. The van der Waals surface area contributed by atoms with E-state index in [1.165, 1.54) is 6.92 Å². The van der Waals surface area contributed by atoms with Gasteiger partial charge in [0.05, 0.1) is 6.61 Å². The van der Waals surface area contributed by atoms with E-state index < -0.39 is 5.97 Å². The van der Waals surface area contributed by atoms with Crippen molar-refractivity contribution in [3.63, 3.8) is 0 Å². The van der Waals surface area contributed by atoms with E-state index in [9.17, 15) is 9.59 Å². The Bertz CT molecular complexity index is 122. The summed E-state index contributed by atoms with van der Waals surface area (Å²) in [5.41, 5.74) is 0. The Balaban J connectivity index is -0.000000131. The minimum absolute atomic E-state index is 0.211. The van der Waals surface area contributed by atoms with Crippen LogP contribution in [0.25, 0.3) is 0 Å². The van der Waals surface area contributed by atoms with Gasteiger partial charge >= 0.3 is 11.9 Å². The number of carbonyl (C=O) groups excluding carboxylic acids is 1. The summed E-state index contributed by atoms with van der Waals surface area (Å²) >= 11 is 0. The molecular formula is C8H18O5. The Hall–Kier alpha value is -1.10. The first kappa shape index (κ1) is 17.8. The van der Waals surface area contributed by atoms with Crippen molar-refractivity contribution in [2.75, 3.05) is 13.7 Å². The maximum Gasteiger partial charge on any atom is 0.303 e. The molecular weight excluding hydrogens is 176 g/mol. The second kappa shape index (κ2) is 17.1. The Labute approximate surface area is 78.3 Å². The molecule has 0 aliphatic heterocycles. The van der Waals surface area contributed by atoms with Gasteiger partial charge in [-0.15, -0.1) is 0 Å². The number of hydrogen-bond acceptors (Lipinski definition) is 4. The lowest BCUT2D eigenvalue weighted by Crippen LogP contribution is -1.95. The fraction of sp³-hybridized carbons (Fsp3) is 0.750. The number of carboxylic acid groups (broad SMARTS) is 1. The number of ether oxygens (including phenoxy) is 1. The van der Waals surface area contributed by atoms with Gasteiger partial charge in [-0.2, -0.15) is 0 Å². The van der Waals surface area contributed by atoms with Crippen molar-refractivity contribution >= 4 is 11.9 Å². The predicted molar refractivity (Wildman–Crippen MR) is 48.4 cm³/mol. The number of carboxylic acids is 1. The van der Waals surface area contributed by atoms with Crippen molar-refractivity contribution < 1.29 is 24.5 Å². The summed E-state index contributed by atoms with van der Waals surface area (Å²) < 4.78 is 4.40. The summed E-state index contributed by atoms with van der Waals surface area (Å²) in [5.74, 6) is -0.956. The minimum Gasteiger partial charge on any atom is -0.481 e. The van der Waals surface area contributed by atoms with Crippen molar-refractivity contribution in [3.05, 3.63) is 0 Å². The van der Waals surface area contributed by atoms with Gasteiger partial charge in [0.15, 0.2) is 0 Å². The second-order valence-electron chi connectivity index (χ2n) is 1.67. The number of aliphatic hydroxyl groups is 1. The highest BCUT2D eigenvalue weighted by atomic mass is 16.5. The van der Waals surface area contributed by atoms with Crippen molar-refractivity contribution in [2.24, 2.45) is 0 Å². The summed E-state index contributed by atoms with van der Waals surface area (Å²) in [6.45, 7) is 5.25. The average molecular weight is 194 g/mol. The van der Waals surface area contributed by atoms with Crippen LogP contribution in [-0.4, -0.2) is 35.9 Å². The third-order valence-electron chi connectivity index (χ3n) is 0.650. The summed E-state index contributed by atoms with van der Waals surface area (Å²) in [6.07, 6.45) is 0.222. The highest BCUT2D eigenvalue weighted by molar-refractivity contribution is 5.66. The molecule has 0 spiro atoms. The zero-order chi connectivity index (χ0) is 11.3. The van der Waals surface area contributed by atoms with Gasteiger partial charge in [0, 0.05) is 20.5 Å². The number of hydrogen-bond donors (Lipinski definition) is 2. The van der Waals surface area contributed by atoms with Crippen LogP contribution in [0.15, 0.2) is 0 Å². The molecule has 13 heavy (non-hydrogen) atoms. The topological polar surface area (TPSA) is 83.8 Å².